The monoisotopic (exact) mass is 368 g/mol. The van der Waals surface area contributed by atoms with Gasteiger partial charge in [-0.25, -0.2) is 9.59 Å². The van der Waals surface area contributed by atoms with Gasteiger partial charge in [0.15, 0.2) is 5.69 Å². The number of carbonyl (C=O) groups excluding carboxylic acids is 1. The summed E-state index contributed by atoms with van der Waals surface area (Å²) in [6, 6.07) is 4.54. The number of hydrogen-bond donors (Lipinski definition) is 2. The van der Waals surface area contributed by atoms with Gasteiger partial charge in [0.1, 0.15) is 0 Å². The van der Waals surface area contributed by atoms with E-state index in [1.165, 1.54) is 4.68 Å². The summed E-state index contributed by atoms with van der Waals surface area (Å²) in [7, 11) is 1.67. The molecule has 2 N–H and O–H groups in total. The van der Waals surface area contributed by atoms with Gasteiger partial charge in [0.25, 0.3) is 0 Å². The lowest BCUT2D eigenvalue weighted by Crippen LogP contribution is -2.39. The summed E-state index contributed by atoms with van der Waals surface area (Å²) in [5.74, 6) is -1.06. The van der Waals surface area contributed by atoms with Gasteiger partial charge in [-0.15, -0.1) is 0 Å². The number of hydrogen-bond acceptors (Lipinski definition) is 3. The first-order chi connectivity index (χ1) is 11.4. The molecule has 0 saturated heterocycles. The van der Waals surface area contributed by atoms with E-state index in [0.29, 0.717) is 40.8 Å². The maximum atomic E-state index is 12.4. The molecule has 1 aliphatic rings. The van der Waals surface area contributed by atoms with Crippen molar-refractivity contribution in [3.63, 3.8) is 0 Å². The van der Waals surface area contributed by atoms with Gasteiger partial charge in [-0.1, -0.05) is 23.2 Å². The first-order valence-corrected chi connectivity index (χ1v) is 7.91. The third kappa shape index (κ3) is 3.05. The molecular weight excluding hydrogens is 355 g/mol. The van der Waals surface area contributed by atoms with Crippen molar-refractivity contribution in [3.05, 3.63) is 45.2 Å². The van der Waals surface area contributed by atoms with Crippen molar-refractivity contribution in [2.75, 3.05) is 11.9 Å². The van der Waals surface area contributed by atoms with Gasteiger partial charge in [-0.05, 0) is 24.6 Å². The molecule has 0 fully saturated rings. The number of nitrogens with one attached hydrogen (secondary N) is 1. The van der Waals surface area contributed by atoms with Crippen molar-refractivity contribution in [2.24, 2.45) is 7.05 Å². The maximum Gasteiger partial charge on any atom is 0.356 e. The number of anilines is 1. The standard InChI is InChI=1S/C15H14Cl2N4O3/c1-20-12-7-21(5-4-9(12)13(19-20)14(22)23)15(24)18-8-2-3-10(16)11(17)6-8/h2-3,6H,4-5,7H2,1H3,(H,18,24)(H,22,23). The Bertz CT molecular complexity index is 834. The summed E-state index contributed by atoms with van der Waals surface area (Å²) < 4.78 is 1.51. The highest BCUT2D eigenvalue weighted by Gasteiger charge is 2.28. The van der Waals surface area contributed by atoms with Crippen molar-refractivity contribution in [1.29, 1.82) is 0 Å². The summed E-state index contributed by atoms with van der Waals surface area (Å²) in [6.45, 7) is 0.700. The topological polar surface area (TPSA) is 87.5 Å². The van der Waals surface area contributed by atoms with Crippen molar-refractivity contribution in [2.45, 2.75) is 13.0 Å². The SMILES string of the molecule is Cn1nc(C(=O)O)c2c1CN(C(=O)Nc1ccc(Cl)c(Cl)c1)CC2. The number of aromatic carboxylic acids is 1. The minimum absolute atomic E-state index is 0.0528. The van der Waals surface area contributed by atoms with Crippen LogP contribution in [0.1, 0.15) is 21.7 Å². The minimum atomic E-state index is -1.06. The molecule has 3 rings (SSSR count). The molecule has 0 atom stereocenters. The fourth-order valence-corrected chi connectivity index (χ4v) is 2.99. The zero-order valence-corrected chi connectivity index (χ0v) is 14.2. The first-order valence-electron chi connectivity index (χ1n) is 7.16. The number of urea groups is 1. The second-order valence-corrected chi connectivity index (χ2v) is 6.25. The Balaban J connectivity index is 1.76. The fraction of sp³-hybridized carbons (Fsp3) is 0.267. The van der Waals surface area contributed by atoms with Crippen LogP contribution in [0.15, 0.2) is 18.2 Å². The highest BCUT2D eigenvalue weighted by molar-refractivity contribution is 6.42. The maximum absolute atomic E-state index is 12.4. The zero-order valence-electron chi connectivity index (χ0n) is 12.7. The Morgan fingerprint density at radius 1 is 1.29 bits per heavy atom. The number of nitrogens with zero attached hydrogens (tertiary/aromatic N) is 3. The van der Waals surface area contributed by atoms with Gasteiger partial charge in [-0.3, -0.25) is 4.68 Å². The molecule has 0 bridgehead atoms. The van der Waals surface area contributed by atoms with E-state index in [1.54, 1.807) is 30.1 Å². The number of carboxylic acids is 1. The Hall–Kier alpha value is -2.25. The Morgan fingerprint density at radius 3 is 2.71 bits per heavy atom. The summed E-state index contributed by atoms with van der Waals surface area (Å²) in [5.41, 5.74) is 2.00. The zero-order chi connectivity index (χ0) is 17.4. The van der Waals surface area contributed by atoms with Crippen LogP contribution < -0.4 is 5.32 Å². The van der Waals surface area contributed by atoms with Crippen LogP contribution in [0.4, 0.5) is 10.5 Å². The van der Waals surface area contributed by atoms with Crippen LogP contribution in [0, 0.1) is 0 Å². The van der Waals surface area contributed by atoms with E-state index in [4.69, 9.17) is 23.2 Å². The van der Waals surface area contributed by atoms with Gasteiger partial charge in [0, 0.05) is 24.8 Å². The van der Waals surface area contributed by atoms with E-state index >= 15 is 0 Å². The summed E-state index contributed by atoms with van der Waals surface area (Å²) in [5, 5.41) is 16.7. The van der Waals surface area contributed by atoms with Crippen LogP contribution in [0.5, 0.6) is 0 Å². The second-order valence-electron chi connectivity index (χ2n) is 5.43. The van der Waals surface area contributed by atoms with E-state index in [0.717, 1.165) is 5.69 Å². The fourth-order valence-electron chi connectivity index (χ4n) is 2.69. The third-order valence-corrected chi connectivity index (χ3v) is 4.65. The predicted octanol–water partition coefficient (Wildman–Crippen LogP) is 3.02. The number of fused-ring (bicyclic) bond motifs is 1. The summed E-state index contributed by atoms with van der Waals surface area (Å²) in [6.07, 6.45) is 0.444. The molecule has 1 aliphatic heterocycles. The molecule has 0 radical (unpaired) electrons. The Labute approximate surface area is 147 Å². The van der Waals surface area contributed by atoms with Crippen LogP contribution in [0.2, 0.25) is 10.0 Å². The summed E-state index contributed by atoms with van der Waals surface area (Å²) in [4.78, 5) is 25.2. The van der Waals surface area contributed by atoms with E-state index in [-0.39, 0.29) is 11.7 Å². The van der Waals surface area contributed by atoms with Gasteiger partial charge in [0.2, 0.25) is 0 Å². The van der Waals surface area contributed by atoms with Crippen molar-refractivity contribution < 1.29 is 14.7 Å². The van der Waals surface area contributed by atoms with Crippen LogP contribution >= 0.6 is 23.2 Å². The number of rotatable bonds is 2. The molecule has 2 heterocycles. The molecule has 1 aromatic carbocycles. The molecule has 1 aromatic heterocycles. The lowest BCUT2D eigenvalue weighted by Gasteiger charge is -2.27. The van der Waals surface area contributed by atoms with Crippen LogP contribution in [-0.2, 0) is 20.0 Å². The average Bonchev–Trinajstić information content (AvgIpc) is 2.88. The van der Waals surface area contributed by atoms with Crippen molar-refractivity contribution in [3.8, 4) is 0 Å². The first kappa shape index (κ1) is 16.6. The third-order valence-electron chi connectivity index (χ3n) is 3.91. The van der Waals surface area contributed by atoms with Gasteiger partial charge in [0.05, 0.1) is 22.3 Å². The number of aromatic nitrogens is 2. The average molecular weight is 369 g/mol. The molecular formula is C15H14Cl2N4O3. The number of amides is 2. The normalized spacial score (nSPS) is 13.5. The Kier molecular flexibility index (Phi) is 4.38. The predicted molar refractivity (Wildman–Crippen MR) is 89.8 cm³/mol. The van der Waals surface area contributed by atoms with Crippen LogP contribution in [-0.4, -0.2) is 38.3 Å². The van der Waals surface area contributed by atoms with E-state index in [2.05, 4.69) is 10.4 Å². The lowest BCUT2D eigenvalue weighted by molar-refractivity contribution is 0.0688. The van der Waals surface area contributed by atoms with E-state index in [9.17, 15) is 14.7 Å². The summed E-state index contributed by atoms with van der Waals surface area (Å²) >= 11 is 11.8. The smallest absolute Gasteiger partial charge is 0.356 e. The van der Waals surface area contributed by atoms with Gasteiger partial charge < -0.3 is 15.3 Å². The molecule has 9 heteroatoms. The van der Waals surface area contributed by atoms with Crippen molar-refractivity contribution >= 4 is 40.9 Å². The van der Waals surface area contributed by atoms with Crippen LogP contribution in [0.25, 0.3) is 0 Å². The van der Waals surface area contributed by atoms with Crippen molar-refractivity contribution in [1.82, 2.24) is 14.7 Å². The lowest BCUT2D eigenvalue weighted by atomic mass is 10.0. The number of aryl methyl sites for hydroxylation is 1. The van der Waals surface area contributed by atoms with Gasteiger partial charge in [-0.2, -0.15) is 5.10 Å². The molecule has 126 valence electrons. The highest BCUT2D eigenvalue weighted by atomic mass is 35.5. The molecule has 2 aromatic rings. The number of carboxylic acid groups (broad SMARTS) is 1. The molecule has 0 aliphatic carbocycles. The highest BCUT2D eigenvalue weighted by Crippen LogP contribution is 2.26. The Morgan fingerprint density at radius 2 is 2.04 bits per heavy atom. The minimum Gasteiger partial charge on any atom is -0.476 e. The quantitative estimate of drug-likeness (QED) is 0.852. The van der Waals surface area contributed by atoms with E-state index < -0.39 is 5.97 Å². The second kappa shape index (κ2) is 6.33. The number of carbonyl (C=O) groups is 2. The van der Waals surface area contributed by atoms with Crippen LogP contribution in [0.3, 0.4) is 0 Å². The molecule has 24 heavy (non-hydrogen) atoms. The number of halogens is 2. The van der Waals surface area contributed by atoms with E-state index in [1.807, 2.05) is 0 Å². The molecule has 7 nitrogen and oxygen atoms in total. The molecule has 0 unspecified atom stereocenters. The molecule has 0 saturated carbocycles. The number of benzene rings is 1. The molecule has 0 spiro atoms. The molecule has 2 amide bonds. The largest absolute Gasteiger partial charge is 0.476 e. The van der Waals surface area contributed by atoms with Gasteiger partial charge >= 0.3 is 12.0 Å².